The van der Waals surface area contributed by atoms with Gasteiger partial charge in [0.25, 0.3) is 0 Å². The van der Waals surface area contributed by atoms with E-state index in [2.05, 4.69) is 53.3 Å². The Hall–Kier alpha value is -1.29. The molecule has 0 saturated carbocycles. The maximum Gasteiger partial charge on any atom is 0.127 e. The van der Waals surface area contributed by atoms with Crippen LogP contribution in [0.4, 0.5) is 11.5 Å². The Balaban J connectivity index is 1.99. The van der Waals surface area contributed by atoms with Crippen LogP contribution in [0.1, 0.15) is 26.2 Å². The molecule has 106 valence electrons. The average molecular weight is 262 g/mol. The minimum absolute atomic E-state index is 0.651. The van der Waals surface area contributed by atoms with Crippen molar-refractivity contribution < 1.29 is 0 Å². The maximum absolute atomic E-state index is 4.37. The molecule has 1 aromatic heterocycles. The lowest BCUT2D eigenvalue weighted by Crippen LogP contribution is -2.42. The molecule has 0 bridgehead atoms. The summed E-state index contributed by atoms with van der Waals surface area (Å²) < 4.78 is 0. The van der Waals surface area contributed by atoms with Crippen LogP contribution in [0.3, 0.4) is 0 Å². The Bertz CT molecular complexity index is 385. The molecule has 19 heavy (non-hydrogen) atoms. The van der Waals surface area contributed by atoms with Gasteiger partial charge in [0.1, 0.15) is 5.82 Å². The standard InChI is InChI=1S/C15H26N4/c1-4-8-16-15-12-14(5-9-17-15)19(3)13-6-10-18(2)11-7-13/h5,9,12-13H,4,6-8,10-11H2,1-3H3,(H,16,17). The summed E-state index contributed by atoms with van der Waals surface area (Å²) in [5.74, 6) is 0.985. The van der Waals surface area contributed by atoms with Crippen molar-refractivity contribution in [2.45, 2.75) is 32.2 Å². The van der Waals surface area contributed by atoms with Gasteiger partial charge in [-0.25, -0.2) is 4.98 Å². The summed E-state index contributed by atoms with van der Waals surface area (Å²) in [5, 5.41) is 3.35. The highest BCUT2D eigenvalue weighted by Gasteiger charge is 2.20. The van der Waals surface area contributed by atoms with E-state index in [1.807, 2.05) is 6.20 Å². The molecule has 1 saturated heterocycles. The fourth-order valence-electron chi connectivity index (χ4n) is 2.58. The molecule has 4 nitrogen and oxygen atoms in total. The van der Waals surface area contributed by atoms with Crippen LogP contribution in [0.25, 0.3) is 0 Å². The van der Waals surface area contributed by atoms with E-state index in [1.165, 1.54) is 31.6 Å². The van der Waals surface area contributed by atoms with Gasteiger partial charge in [0.05, 0.1) is 0 Å². The van der Waals surface area contributed by atoms with Crippen LogP contribution in [-0.4, -0.2) is 49.7 Å². The monoisotopic (exact) mass is 262 g/mol. The van der Waals surface area contributed by atoms with Gasteiger partial charge in [-0.2, -0.15) is 0 Å². The molecule has 1 aromatic rings. The lowest BCUT2D eigenvalue weighted by Gasteiger charge is -2.36. The molecule has 0 aromatic carbocycles. The second kappa shape index (κ2) is 6.75. The van der Waals surface area contributed by atoms with Gasteiger partial charge in [-0.05, 0) is 45.5 Å². The molecule has 0 unspecified atom stereocenters. The van der Waals surface area contributed by atoms with Gasteiger partial charge in [-0.3, -0.25) is 0 Å². The van der Waals surface area contributed by atoms with Gasteiger partial charge in [0, 0.05) is 37.6 Å². The molecule has 2 heterocycles. The summed E-state index contributed by atoms with van der Waals surface area (Å²) in [6.07, 6.45) is 5.51. The number of pyridine rings is 1. The zero-order valence-corrected chi connectivity index (χ0v) is 12.4. The Morgan fingerprint density at radius 2 is 2.16 bits per heavy atom. The van der Waals surface area contributed by atoms with Gasteiger partial charge < -0.3 is 15.1 Å². The summed E-state index contributed by atoms with van der Waals surface area (Å²) in [7, 11) is 4.41. The first-order valence-electron chi connectivity index (χ1n) is 7.32. The van der Waals surface area contributed by atoms with E-state index in [0.29, 0.717) is 6.04 Å². The van der Waals surface area contributed by atoms with Crippen molar-refractivity contribution in [2.24, 2.45) is 0 Å². The number of nitrogens with one attached hydrogen (secondary N) is 1. The van der Waals surface area contributed by atoms with Gasteiger partial charge in [-0.15, -0.1) is 0 Å². The maximum atomic E-state index is 4.37. The topological polar surface area (TPSA) is 31.4 Å². The van der Waals surface area contributed by atoms with Crippen molar-refractivity contribution in [3.05, 3.63) is 18.3 Å². The number of rotatable bonds is 5. The fraction of sp³-hybridized carbons (Fsp3) is 0.667. The molecule has 1 N–H and O–H groups in total. The lowest BCUT2D eigenvalue weighted by atomic mass is 10.0. The lowest BCUT2D eigenvalue weighted by molar-refractivity contribution is 0.253. The second-order valence-corrected chi connectivity index (χ2v) is 5.47. The van der Waals surface area contributed by atoms with Crippen molar-refractivity contribution in [1.82, 2.24) is 9.88 Å². The van der Waals surface area contributed by atoms with E-state index < -0.39 is 0 Å². The van der Waals surface area contributed by atoms with Crippen molar-refractivity contribution in [3.63, 3.8) is 0 Å². The first-order valence-corrected chi connectivity index (χ1v) is 7.32. The summed E-state index contributed by atoms with van der Waals surface area (Å²) in [5.41, 5.74) is 1.27. The molecular weight excluding hydrogens is 236 g/mol. The fourth-order valence-corrected chi connectivity index (χ4v) is 2.58. The number of piperidine rings is 1. The zero-order chi connectivity index (χ0) is 13.7. The van der Waals surface area contributed by atoms with E-state index in [0.717, 1.165) is 18.8 Å². The number of likely N-dealkylation sites (tertiary alicyclic amines) is 1. The Morgan fingerprint density at radius 3 is 2.84 bits per heavy atom. The highest BCUT2D eigenvalue weighted by atomic mass is 15.2. The molecule has 0 atom stereocenters. The molecule has 0 radical (unpaired) electrons. The Morgan fingerprint density at radius 1 is 1.42 bits per heavy atom. The highest BCUT2D eigenvalue weighted by Crippen LogP contribution is 2.23. The zero-order valence-electron chi connectivity index (χ0n) is 12.4. The van der Waals surface area contributed by atoms with Crippen LogP contribution in [-0.2, 0) is 0 Å². The van der Waals surface area contributed by atoms with Crippen LogP contribution >= 0.6 is 0 Å². The molecule has 4 heteroatoms. The summed E-state index contributed by atoms with van der Waals surface area (Å²) in [6.45, 7) is 5.54. The van der Waals surface area contributed by atoms with E-state index in [1.54, 1.807) is 0 Å². The van der Waals surface area contributed by atoms with Gasteiger partial charge in [-0.1, -0.05) is 6.92 Å². The number of nitrogens with zero attached hydrogens (tertiary/aromatic N) is 3. The van der Waals surface area contributed by atoms with E-state index in [4.69, 9.17) is 0 Å². The quantitative estimate of drug-likeness (QED) is 0.883. The van der Waals surface area contributed by atoms with Crippen molar-refractivity contribution in [2.75, 3.05) is 43.9 Å². The number of anilines is 2. The van der Waals surface area contributed by atoms with Crippen molar-refractivity contribution in [3.8, 4) is 0 Å². The van der Waals surface area contributed by atoms with Crippen molar-refractivity contribution in [1.29, 1.82) is 0 Å². The van der Waals surface area contributed by atoms with Gasteiger partial charge in [0.2, 0.25) is 0 Å². The number of aromatic nitrogens is 1. The van der Waals surface area contributed by atoms with E-state index in [9.17, 15) is 0 Å². The summed E-state index contributed by atoms with van der Waals surface area (Å²) >= 11 is 0. The van der Waals surface area contributed by atoms with Crippen LogP contribution in [0.5, 0.6) is 0 Å². The predicted octanol–water partition coefficient (Wildman–Crippen LogP) is 2.43. The third kappa shape index (κ3) is 3.83. The third-order valence-corrected chi connectivity index (χ3v) is 3.94. The predicted molar refractivity (Wildman–Crippen MR) is 81.9 cm³/mol. The van der Waals surface area contributed by atoms with Gasteiger partial charge in [0.15, 0.2) is 0 Å². The average Bonchev–Trinajstić information content (AvgIpc) is 2.45. The Labute approximate surface area is 116 Å². The largest absolute Gasteiger partial charge is 0.371 e. The second-order valence-electron chi connectivity index (χ2n) is 5.47. The smallest absolute Gasteiger partial charge is 0.127 e. The summed E-state index contributed by atoms with van der Waals surface area (Å²) in [4.78, 5) is 9.19. The minimum Gasteiger partial charge on any atom is -0.371 e. The van der Waals surface area contributed by atoms with Gasteiger partial charge >= 0.3 is 0 Å². The van der Waals surface area contributed by atoms with Crippen LogP contribution in [0.2, 0.25) is 0 Å². The molecule has 1 aliphatic rings. The molecule has 0 amide bonds. The number of hydrogen-bond donors (Lipinski definition) is 1. The van der Waals surface area contributed by atoms with Crippen LogP contribution in [0.15, 0.2) is 18.3 Å². The molecule has 2 rings (SSSR count). The Kier molecular flexibility index (Phi) is 5.02. The van der Waals surface area contributed by atoms with Crippen LogP contribution in [0, 0.1) is 0 Å². The van der Waals surface area contributed by atoms with E-state index in [-0.39, 0.29) is 0 Å². The highest BCUT2D eigenvalue weighted by molar-refractivity contribution is 5.54. The molecule has 1 aliphatic heterocycles. The number of hydrogen-bond acceptors (Lipinski definition) is 4. The van der Waals surface area contributed by atoms with E-state index >= 15 is 0 Å². The first kappa shape index (κ1) is 14.1. The normalized spacial score (nSPS) is 17.4. The van der Waals surface area contributed by atoms with Crippen molar-refractivity contribution >= 4 is 11.5 Å². The first-order chi connectivity index (χ1) is 9.20. The molecular formula is C15H26N4. The summed E-state index contributed by atoms with van der Waals surface area (Å²) in [6, 6.07) is 4.92. The molecule has 1 fully saturated rings. The SMILES string of the molecule is CCCNc1cc(N(C)C2CCN(C)CC2)ccn1. The third-order valence-electron chi connectivity index (χ3n) is 3.94. The molecule has 0 spiro atoms. The minimum atomic E-state index is 0.651. The van der Waals surface area contributed by atoms with Crippen LogP contribution < -0.4 is 10.2 Å². The molecule has 0 aliphatic carbocycles.